The fourth-order valence-electron chi connectivity index (χ4n) is 4.59. The van der Waals surface area contributed by atoms with Crippen LogP contribution in [0.25, 0.3) is 11.8 Å². The topological polar surface area (TPSA) is 94.1 Å². The lowest BCUT2D eigenvalue weighted by Crippen LogP contribution is -2.36. The van der Waals surface area contributed by atoms with Gasteiger partial charge in [-0.25, -0.2) is 0 Å². The summed E-state index contributed by atoms with van der Waals surface area (Å²) in [4.78, 5) is 31.5. The van der Waals surface area contributed by atoms with Crippen molar-refractivity contribution in [2.24, 2.45) is 10.1 Å². The second-order valence-electron chi connectivity index (χ2n) is 8.77. The van der Waals surface area contributed by atoms with E-state index >= 15 is 0 Å². The molecule has 8 nitrogen and oxygen atoms in total. The van der Waals surface area contributed by atoms with Gasteiger partial charge < -0.3 is 9.47 Å². The molecule has 2 amide bonds. The minimum atomic E-state index is -0.486. The van der Waals surface area contributed by atoms with E-state index in [1.807, 2.05) is 49.1 Å². The molecule has 0 unspecified atom stereocenters. The van der Waals surface area contributed by atoms with Crippen molar-refractivity contribution >= 4 is 57.3 Å². The van der Waals surface area contributed by atoms with Crippen LogP contribution in [0.3, 0.4) is 0 Å². The van der Waals surface area contributed by atoms with Crippen molar-refractivity contribution in [1.82, 2.24) is 14.5 Å². The van der Waals surface area contributed by atoms with Gasteiger partial charge in [-0.2, -0.15) is 15.1 Å². The second kappa shape index (κ2) is 9.47. The average molecular weight is 509 g/mol. The third kappa shape index (κ3) is 4.58. The van der Waals surface area contributed by atoms with E-state index in [0.717, 1.165) is 55.0 Å². The number of hydrogen-bond donors (Lipinski definition) is 1. The van der Waals surface area contributed by atoms with Crippen LogP contribution in [0.4, 0.5) is 0 Å². The van der Waals surface area contributed by atoms with Crippen molar-refractivity contribution in [3.8, 4) is 5.69 Å². The van der Waals surface area contributed by atoms with Gasteiger partial charge in [0.1, 0.15) is 5.04 Å². The zero-order valence-electron chi connectivity index (χ0n) is 19.5. The number of aryl methyl sites for hydroxylation is 1. The predicted molar refractivity (Wildman–Crippen MR) is 140 cm³/mol. The molecular weight excluding hydrogens is 484 g/mol. The third-order valence-corrected chi connectivity index (χ3v) is 7.49. The number of nitrogens with zero attached hydrogens (tertiary/aromatic N) is 5. The molecule has 0 aliphatic carbocycles. The largest absolute Gasteiger partial charge is 0.342 e. The summed E-state index contributed by atoms with van der Waals surface area (Å²) in [5.74, 6) is -0.501. The monoisotopic (exact) mass is 508 g/mol. The van der Waals surface area contributed by atoms with Gasteiger partial charge >= 0.3 is 0 Å². The summed E-state index contributed by atoms with van der Waals surface area (Å²) >= 11 is 7.37. The first-order valence-corrected chi connectivity index (χ1v) is 12.7. The Labute approximate surface area is 212 Å². The number of hydrazone groups is 1. The summed E-state index contributed by atoms with van der Waals surface area (Å²) in [5, 5.41) is 16.0. The number of amidine groups is 2. The molecule has 0 saturated carbocycles. The van der Waals surface area contributed by atoms with E-state index in [1.54, 1.807) is 6.08 Å². The second-order valence-corrected chi connectivity index (χ2v) is 10.3. The van der Waals surface area contributed by atoms with E-state index in [1.165, 1.54) is 16.8 Å². The lowest BCUT2D eigenvalue weighted by Gasteiger charge is -2.26. The van der Waals surface area contributed by atoms with E-state index in [0.29, 0.717) is 15.2 Å². The van der Waals surface area contributed by atoms with Crippen molar-refractivity contribution < 1.29 is 9.59 Å². The Morgan fingerprint density at radius 2 is 1.97 bits per heavy atom. The Bertz CT molecular complexity index is 1340. The molecule has 1 aromatic carbocycles. The maximum absolute atomic E-state index is 12.9. The molecule has 0 bridgehead atoms. The molecule has 2 aromatic rings. The number of nitrogens with one attached hydrogen (secondary N) is 1. The molecule has 180 valence electrons. The SMILES string of the molecule is Cc1cc(/C=C2\C(=N)N3N=C(CC(=O)N4CCCCC4)SC3=NC2=O)c(C)n1-c1cccc(Cl)c1. The van der Waals surface area contributed by atoms with E-state index < -0.39 is 5.91 Å². The number of amides is 2. The summed E-state index contributed by atoms with van der Waals surface area (Å²) in [6.45, 7) is 5.49. The number of carbonyl (C=O) groups excluding carboxylic acids is 2. The van der Waals surface area contributed by atoms with Crippen LogP contribution in [0.15, 0.2) is 46.0 Å². The van der Waals surface area contributed by atoms with Crippen molar-refractivity contribution in [1.29, 1.82) is 5.41 Å². The number of halogens is 1. The first kappa shape index (κ1) is 23.6. The molecule has 5 rings (SSSR count). The van der Waals surface area contributed by atoms with Crippen molar-refractivity contribution in [3.05, 3.63) is 57.9 Å². The van der Waals surface area contributed by atoms with Gasteiger partial charge in [-0.05, 0) is 80.8 Å². The Morgan fingerprint density at radius 3 is 2.71 bits per heavy atom. The molecule has 4 heterocycles. The lowest BCUT2D eigenvalue weighted by atomic mass is 10.1. The summed E-state index contributed by atoms with van der Waals surface area (Å²) in [7, 11) is 0. The van der Waals surface area contributed by atoms with Gasteiger partial charge in [0.15, 0.2) is 5.84 Å². The molecule has 3 aliphatic rings. The van der Waals surface area contributed by atoms with Gasteiger partial charge in [0.05, 0.1) is 12.0 Å². The predicted octanol–water partition coefficient (Wildman–Crippen LogP) is 4.77. The summed E-state index contributed by atoms with van der Waals surface area (Å²) in [6.07, 6.45) is 5.04. The van der Waals surface area contributed by atoms with Crippen LogP contribution in [0.5, 0.6) is 0 Å². The first-order chi connectivity index (χ1) is 16.8. The van der Waals surface area contributed by atoms with E-state index in [-0.39, 0.29) is 23.7 Å². The molecule has 35 heavy (non-hydrogen) atoms. The number of aliphatic imine (C=N–C) groups is 1. The lowest BCUT2D eigenvalue weighted by molar-refractivity contribution is -0.130. The number of carbonyl (C=O) groups is 2. The zero-order chi connectivity index (χ0) is 24.7. The summed E-state index contributed by atoms with van der Waals surface area (Å²) < 4.78 is 2.05. The third-order valence-electron chi connectivity index (χ3n) is 6.34. The molecular formula is C25H25ClN6O2S. The van der Waals surface area contributed by atoms with Crippen molar-refractivity contribution in [2.75, 3.05) is 13.1 Å². The van der Waals surface area contributed by atoms with Gasteiger partial charge in [0, 0.05) is 35.2 Å². The Kier molecular flexibility index (Phi) is 6.37. The first-order valence-electron chi connectivity index (χ1n) is 11.5. The number of likely N-dealkylation sites (tertiary alicyclic amines) is 1. The molecule has 1 N–H and O–H groups in total. The van der Waals surface area contributed by atoms with Crippen LogP contribution < -0.4 is 0 Å². The van der Waals surface area contributed by atoms with Crippen LogP contribution in [0, 0.1) is 19.3 Å². The normalized spacial score (nSPS) is 19.2. The molecule has 0 atom stereocenters. The minimum absolute atomic E-state index is 0.0264. The number of hydrogen-bond acceptors (Lipinski definition) is 5. The molecule has 0 spiro atoms. The maximum Gasteiger partial charge on any atom is 0.283 e. The number of fused-ring (bicyclic) bond motifs is 1. The van der Waals surface area contributed by atoms with E-state index in [4.69, 9.17) is 17.0 Å². The smallest absolute Gasteiger partial charge is 0.283 e. The van der Waals surface area contributed by atoms with Crippen LogP contribution in [-0.4, -0.2) is 55.4 Å². The summed E-state index contributed by atoms with van der Waals surface area (Å²) in [5.41, 5.74) is 3.79. The van der Waals surface area contributed by atoms with Gasteiger partial charge in [-0.15, -0.1) is 0 Å². The number of benzene rings is 1. The summed E-state index contributed by atoms with van der Waals surface area (Å²) in [6, 6.07) is 9.53. The van der Waals surface area contributed by atoms with Gasteiger partial charge in [0.25, 0.3) is 5.91 Å². The van der Waals surface area contributed by atoms with Crippen LogP contribution in [-0.2, 0) is 9.59 Å². The quantitative estimate of drug-likeness (QED) is 0.602. The number of rotatable bonds is 4. The zero-order valence-corrected chi connectivity index (χ0v) is 21.1. The van der Waals surface area contributed by atoms with Gasteiger partial charge in [-0.3, -0.25) is 15.0 Å². The number of aromatic nitrogens is 1. The Morgan fingerprint density at radius 1 is 1.20 bits per heavy atom. The molecule has 1 fully saturated rings. The highest BCUT2D eigenvalue weighted by Crippen LogP contribution is 2.31. The molecule has 1 aromatic heterocycles. The van der Waals surface area contributed by atoms with Crippen molar-refractivity contribution in [2.45, 2.75) is 39.5 Å². The van der Waals surface area contributed by atoms with Crippen molar-refractivity contribution in [3.63, 3.8) is 0 Å². The Balaban J connectivity index is 1.40. The van der Waals surface area contributed by atoms with Crippen LogP contribution >= 0.6 is 23.4 Å². The van der Waals surface area contributed by atoms with Crippen LogP contribution in [0.1, 0.15) is 42.6 Å². The number of thioether (sulfide) groups is 1. The van der Waals surface area contributed by atoms with E-state index in [2.05, 4.69) is 14.7 Å². The highest BCUT2D eigenvalue weighted by atomic mass is 35.5. The maximum atomic E-state index is 12.9. The van der Waals surface area contributed by atoms with Crippen LogP contribution in [0.2, 0.25) is 5.02 Å². The molecule has 10 heteroatoms. The highest BCUT2D eigenvalue weighted by Gasteiger charge is 2.36. The highest BCUT2D eigenvalue weighted by molar-refractivity contribution is 8.27. The molecule has 3 aliphatic heterocycles. The number of piperidine rings is 1. The Hall–Kier alpha value is -3.17. The molecule has 0 radical (unpaired) electrons. The van der Waals surface area contributed by atoms with E-state index in [9.17, 15) is 9.59 Å². The van der Waals surface area contributed by atoms with Gasteiger partial charge in [-0.1, -0.05) is 17.7 Å². The molecule has 1 saturated heterocycles. The van der Waals surface area contributed by atoms with Gasteiger partial charge in [0.2, 0.25) is 11.1 Å². The minimum Gasteiger partial charge on any atom is -0.342 e. The fraction of sp³-hybridized carbons (Fsp3) is 0.320. The standard InChI is InChI=1S/C25H25ClN6O2S/c1-15-11-17(16(2)31(15)19-8-6-7-18(26)13-19)12-20-23(27)32-25(28-24(20)34)35-21(29-32)14-22(33)30-9-4-3-5-10-30/h6-8,11-13,27H,3-5,9-10,14H2,1-2H3/b20-12+,27-23?. The average Bonchev–Trinajstić information content (AvgIpc) is 3.36. The fourth-order valence-corrected chi connectivity index (χ4v) is 5.65.